The highest BCUT2D eigenvalue weighted by Gasteiger charge is 2.05. The summed E-state index contributed by atoms with van der Waals surface area (Å²) >= 11 is 3.45. The van der Waals surface area contributed by atoms with Crippen LogP contribution in [-0.2, 0) is 0 Å². The Hall–Kier alpha value is -0.680. The predicted octanol–water partition coefficient (Wildman–Crippen LogP) is 2.95. The monoisotopic (exact) mass is 239 g/mol. The van der Waals surface area contributed by atoms with E-state index < -0.39 is 0 Å². The third-order valence-corrected chi connectivity index (χ3v) is 3.78. The summed E-state index contributed by atoms with van der Waals surface area (Å²) in [6.07, 6.45) is 6.90. The molecular weight excluding hydrogens is 226 g/mol. The van der Waals surface area contributed by atoms with Gasteiger partial charge in [-0.25, -0.2) is 9.97 Å². The first-order valence-corrected chi connectivity index (χ1v) is 7.06. The van der Waals surface area contributed by atoms with E-state index in [4.69, 9.17) is 0 Å². The van der Waals surface area contributed by atoms with Crippen LogP contribution in [-0.4, -0.2) is 26.4 Å². The van der Waals surface area contributed by atoms with Crippen molar-refractivity contribution in [3.63, 3.8) is 0 Å². The molecule has 3 nitrogen and oxygen atoms in total. The van der Waals surface area contributed by atoms with Crippen LogP contribution in [0.3, 0.4) is 0 Å². The lowest BCUT2D eigenvalue weighted by Crippen LogP contribution is -1.95. The molecule has 0 N–H and O–H groups in total. The van der Waals surface area contributed by atoms with Crippen molar-refractivity contribution in [1.29, 1.82) is 0 Å². The fourth-order valence-corrected chi connectivity index (χ4v) is 2.59. The van der Waals surface area contributed by atoms with Crippen LogP contribution in [0, 0.1) is 0 Å². The highest BCUT2D eigenvalue weighted by molar-refractivity contribution is 7.99. The summed E-state index contributed by atoms with van der Waals surface area (Å²) in [4.78, 5) is 8.72. The molecule has 0 aliphatic rings. The topological polar surface area (TPSA) is 30.2 Å². The maximum absolute atomic E-state index is 4.58. The lowest BCUT2D eigenvalue weighted by Gasteiger charge is -2.05. The predicted molar refractivity (Wildman–Crippen MR) is 65.8 cm³/mol. The zero-order chi connectivity index (χ0) is 10.7. The lowest BCUT2D eigenvalue weighted by atomic mass is 10.5. The van der Waals surface area contributed by atoms with Gasteiger partial charge in [0.1, 0.15) is 11.4 Å². The van der Waals surface area contributed by atoms with E-state index in [0.717, 1.165) is 27.9 Å². The molecular formula is C10H13N3S2. The number of nitrogens with zero attached hydrogens (tertiary/aromatic N) is 3. The second kappa shape index (κ2) is 4.90. The number of imidazole rings is 1. The fraction of sp³-hybridized carbons (Fsp3) is 0.400. The summed E-state index contributed by atoms with van der Waals surface area (Å²) in [7, 11) is 0. The van der Waals surface area contributed by atoms with Crippen molar-refractivity contribution in [2.75, 3.05) is 12.0 Å². The molecule has 15 heavy (non-hydrogen) atoms. The molecule has 0 unspecified atom stereocenters. The Morgan fingerprint density at radius 1 is 1.47 bits per heavy atom. The maximum Gasteiger partial charge on any atom is 0.174 e. The average molecular weight is 239 g/mol. The van der Waals surface area contributed by atoms with Crippen LogP contribution >= 0.6 is 23.5 Å². The summed E-state index contributed by atoms with van der Waals surface area (Å²) in [5.41, 5.74) is 1.12. The van der Waals surface area contributed by atoms with Crippen molar-refractivity contribution >= 4 is 29.0 Å². The summed E-state index contributed by atoms with van der Waals surface area (Å²) in [6, 6.07) is 2.06. The number of hydrogen-bond donors (Lipinski definition) is 0. The first-order chi connectivity index (χ1) is 7.35. The molecule has 0 saturated carbocycles. The van der Waals surface area contributed by atoms with Crippen molar-refractivity contribution < 1.29 is 0 Å². The van der Waals surface area contributed by atoms with Gasteiger partial charge < -0.3 is 0 Å². The van der Waals surface area contributed by atoms with E-state index in [9.17, 15) is 0 Å². The zero-order valence-corrected chi connectivity index (χ0v) is 10.4. The van der Waals surface area contributed by atoms with E-state index in [1.807, 2.05) is 23.2 Å². The molecule has 2 heterocycles. The third kappa shape index (κ3) is 2.29. The molecule has 2 aromatic rings. The minimum atomic E-state index is 1.04. The van der Waals surface area contributed by atoms with Crippen molar-refractivity contribution in [1.82, 2.24) is 14.4 Å². The van der Waals surface area contributed by atoms with Crippen molar-refractivity contribution in [3.05, 3.63) is 18.6 Å². The van der Waals surface area contributed by atoms with Gasteiger partial charge in [0, 0.05) is 5.75 Å². The normalized spacial score (nSPS) is 11.1. The minimum absolute atomic E-state index is 1.04. The zero-order valence-electron chi connectivity index (χ0n) is 8.80. The highest BCUT2D eigenvalue weighted by Crippen LogP contribution is 2.22. The number of hydrogen-bond acceptors (Lipinski definition) is 4. The van der Waals surface area contributed by atoms with Crippen LogP contribution in [0.4, 0.5) is 0 Å². The van der Waals surface area contributed by atoms with Crippen LogP contribution in [0.25, 0.3) is 5.52 Å². The van der Waals surface area contributed by atoms with Gasteiger partial charge in [0.2, 0.25) is 0 Å². The first-order valence-electron chi connectivity index (χ1n) is 4.85. The molecule has 5 heteroatoms. The van der Waals surface area contributed by atoms with E-state index in [1.165, 1.54) is 0 Å². The Morgan fingerprint density at radius 2 is 2.33 bits per heavy atom. The van der Waals surface area contributed by atoms with Gasteiger partial charge in [-0.3, -0.25) is 4.40 Å². The molecule has 0 radical (unpaired) electrons. The van der Waals surface area contributed by atoms with Gasteiger partial charge in [-0.2, -0.15) is 0 Å². The molecule has 0 fully saturated rings. The second-order valence-electron chi connectivity index (χ2n) is 3.12. The molecule has 2 aromatic heterocycles. The van der Waals surface area contributed by atoms with Gasteiger partial charge in [-0.05, 0) is 18.7 Å². The molecule has 0 saturated heterocycles. The third-order valence-electron chi connectivity index (χ3n) is 1.99. The van der Waals surface area contributed by atoms with Crippen LogP contribution in [0.1, 0.15) is 13.3 Å². The number of thioether (sulfide) groups is 2. The van der Waals surface area contributed by atoms with Crippen LogP contribution in [0.15, 0.2) is 28.8 Å². The van der Waals surface area contributed by atoms with Gasteiger partial charge in [0.05, 0.1) is 11.7 Å². The molecule has 0 atom stereocenters. The Balaban J connectivity index is 2.43. The quantitative estimate of drug-likeness (QED) is 0.466. The van der Waals surface area contributed by atoms with Crippen LogP contribution in [0.5, 0.6) is 0 Å². The summed E-state index contributed by atoms with van der Waals surface area (Å²) in [5.74, 6) is 1.10. The fourth-order valence-electron chi connectivity index (χ4n) is 1.28. The van der Waals surface area contributed by atoms with Crippen molar-refractivity contribution in [2.24, 2.45) is 0 Å². The Labute approximate surface area is 97.7 Å². The summed E-state index contributed by atoms with van der Waals surface area (Å²) < 4.78 is 2.04. The first kappa shape index (κ1) is 10.8. The van der Waals surface area contributed by atoms with E-state index in [0.29, 0.717) is 0 Å². The van der Waals surface area contributed by atoms with Gasteiger partial charge in [-0.15, -0.1) is 11.8 Å². The summed E-state index contributed by atoms with van der Waals surface area (Å²) in [6.45, 7) is 2.18. The standard InChI is InChI=1S/C10H13N3S2/c1-3-4-15-10-12-9(14-2)5-8-6-11-7-13(8)10/h5-7H,3-4H2,1-2H3. The van der Waals surface area contributed by atoms with E-state index in [1.54, 1.807) is 23.5 Å². The largest absolute Gasteiger partial charge is 0.278 e. The molecule has 0 bridgehead atoms. The SMILES string of the molecule is CCCSc1nc(SC)cc2cncn12. The molecule has 0 amide bonds. The van der Waals surface area contributed by atoms with Crippen LogP contribution in [0.2, 0.25) is 0 Å². The van der Waals surface area contributed by atoms with Crippen LogP contribution < -0.4 is 0 Å². The van der Waals surface area contributed by atoms with E-state index >= 15 is 0 Å². The van der Waals surface area contributed by atoms with E-state index in [2.05, 4.69) is 23.0 Å². The lowest BCUT2D eigenvalue weighted by molar-refractivity contribution is 0.845. The van der Waals surface area contributed by atoms with E-state index in [-0.39, 0.29) is 0 Å². The van der Waals surface area contributed by atoms with Crippen molar-refractivity contribution in [3.8, 4) is 0 Å². The molecule has 0 aromatic carbocycles. The number of rotatable bonds is 4. The average Bonchev–Trinajstić information content (AvgIpc) is 2.73. The molecule has 0 spiro atoms. The highest BCUT2D eigenvalue weighted by atomic mass is 32.2. The maximum atomic E-state index is 4.58. The molecule has 2 rings (SSSR count). The van der Waals surface area contributed by atoms with Gasteiger partial charge in [-0.1, -0.05) is 18.7 Å². The van der Waals surface area contributed by atoms with Gasteiger partial charge in [0.25, 0.3) is 0 Å². The molecule has 80 valence electrons. The Bertz CT molecular complexity index is 453. The molecule has 0 aliphatic heterocycles. The van der Waals surface area contributed by atoms with Gasteiger partial charge >= 0.3 is 0 Å². The smallest absolute Gasteiger partial charge is 0.174 e. The second-order valence-corrected chi connectivity index (χ2v) is 5.01. The van der Waals surface area contributed by atoms with Gasteiger partial charge in [0.15, 0.2) is 5.16 Å². The Morgan fingerprint density at radius 3 is 3.07 bits per heavy atom. The Kier molecular flexibility index (Phi) is 3.53. The number of aromatic nitrogens is 3. The molecule has 0 aliphatic carbocycles. The minimum Gasteiger partial charge on any atom is -0.278 e. The number of fused-ring (bicyclic) bond motifs is 1. The summed E-state index contributed by atoms with van der Waals surface area (Å²) in [5, 5.41) is 2.10. The van der Waals surface area contributed by atoms with Crippen molar-refractivity contribution in [2.45, 2.75) is 23.5 Å².